The van der Waals surface area contributed by atoms with Crippen LogP contribution in [0.25, 0.3) is 16.9 Å². The summed E-state index contributed by atoms with van der Waals surface area (Å²) in [7, 11) is 0. The smallest absolute Gasteiger partial charge is 0.238 e. The van der Waals surface area contributed by atoms with Gasteiger partial charge >= 0.3 is 0 Å². The number of benzene rings is 1. The van der Waals surface area contributed by atoms with E-state index in [4.69, 9.17) is 4.74 Å². The van der Waals surface area contributed by atoms with E-state index in [1.54, 1.807) is 4.68 Å². The average Bonchev–Trinajstić information content (AvgIpc) is 3.39. The van der Waals surface area contributed by atoms with Crippen LogP contribution in [0.1, 0.15) is 45.5 Å². The number of fused-ring (bicyclic) bond motifs is 1. The van der Waals surface area contributed by atoms with Gasteiger partial charge in [-0.2, -0.15) is 10.2 Å². The monoisotopic (exact) mass is 445 g/mol. The van der Waals surface area contributed by atoms with Crippen LogP contribution in [0.2, 0.25) is 0 Å². The molecule has 0 amide bonds. The quantitative estimate of drug-likeness (QED) is 0.399. The average molecular weight is 445 g/mol. The number of hydrogen-bond donors (Lipinski definition) is 0. The maximum Gasteiger partial charge on any atom is 0.238 e. The molecule has 0 atom stereocenters. The van der Waals surface area contributed by atoms with Crippen molar-refractivity contribution in [3.63, 3.8) is 0 Å². The fraction of sp³-hybridized carbons (Fsp3) is 0.381. The van der Waals surface area contributed by atoms with Crippen LogP contribution < -0.4 is 4.74 Å². The highest BCUT2D eigenvalue weighted by molar-refractivity contribution is 5.67. The Morgan fingerprint density at radius 1 is 1.09 bits per heavy atom. The van der Waals surface area contributed by atoms with Crippen molar-refractivity contribution >= 4 is 5.52 Å². The zero-order chi connectivity index (χ0) is 23.0. The molecule has 32 heavy (non-hydrogen) atoms. The molecule has 3 heterocycles. The van der Waals surface area contributed by atoms with Crippen LogP contribution in [-0.2, 0) is 18.6 Å². The van der Waals surface area contributed by atoms with Crippen LogP contribution in [0, 0.1) is 17.5 Å². The maximum absolute atomic E-state index is 14.5. The first-order chi connectivity index (χ1) is 15.3. The third kappa shape index (κ3) is 3.57. The molecule has 0 bridgehead atoms. The lowest BCUT2D eigenvalue weighted by Gasteiger charge is -2.23. The van der Waals surface area contributed by atoms with Gasteiger partial charge in [-0.05, 0) is 30.9 Å². The maximum atomic E-state index is 14.5. The number of nitrogens with zero attached hydrogens (tertiary/aromatic N) is 7. The molecule has 4 aromatic rings. The summed E-state index contributed by atoms with van der Waals surface area (Å²) in [5.74, 6) is -2.96. The number of aryl methyl sites for hydroxylation is 1. The minimum absolute atomic E-state index is 0.0867. The highest BCUT2D eigenvalue weighted by Gasteiger charge is 2.31. The number of hydrogen-bond acceptors (Lipinski definition) is 6. The van der Waals surface area contributed by atoms with Gasteiger partial charge in [0.2, 0.25) is 5.88 Å². The molecule has 1 aromatic carbocycles. The van der Waals surface area contributed by atoms with E-state index in [1.165, 1.54) is 17.0 Å². The third-order valence-corrected chi connectivity index (χ3v) is 5.58. The Morgan fingerprint density at radius 2 is 1.84 bits per heavy atom. The van der Waals surface area contributed by atoms with E-state index in [0.29, 0.717) is 23.4 Å². The Morgan fingerprint density at radius 3 is 2.56 bits per heavy atom. The molecule has 11 heteroatoms. The number of halogens is 3. The SMILES string of the molecule is CCn1ncnc1COc1nn2c(-c3c(F)ccc(F)c3F)nncc2c1C(C)(C)CC. The molecule has 168 valence electrons. The summed E-state index contributed by atoms with van der Waals surface area (Å²) in [5.41, 5.74) is 0.0750. The molecule has 0 N–H and O–H groups in total. The van der Waals surface area contributed by atoms with Crippen LogP contribution >= 0.6 is 0 Å². The van der Waals surface area contributed by atoms with Crippen molar-refractivity contribution < 1.29 is 17.9 Å². The summed E-state index contributed by atoms with van der Waals surface area (Å²) >= 11 is 0. The van der Waals surface area contributed by atoms with E-state index in [0.717, 1.165) is 18.6 Å². The van der Waals surface area contributed by atoms with E-state index in [9.17, 15) is 13.2 Å². The Kier molecular flexibility index (Phi) is 5.57. The van der Waals surface area contributed by atoms with Gasteiger partial charge in [0.25, 0.3) is 0 Å². The Balaban J connectivity index is 1.90. The van der Waals surface area contributed by atoms with Gasteiger partial charge < -0.3 is 4.74 Å². The summed E-state index contributed by atoms with van der Waals surface area (Å²) in [6, 6.07) is 1.55. The molecule has 0 fully saturated rings. The van der Waals surface area contributed by atoms with Crippen LogP contribution in [-0.4, -0.2) is 34.6 Å². The molecule has 8 nitrogen and oxygen atoms in total. The van der Waals surface area contributed by atoms with Gasteiger partial charge in [0.15, 0.2) is 23.3 Å². The van der Waals surface area contributed by atoms with Gasteiger partial charge in [0.1, 0.15) is 18.8 Å². The predicted molar refractivity (Wildman–Crippen MR) is 109 cm³/mol. The van der Waals surface area contributed by atoms with E-state index in [2.05, 4.69) is 25.4 Å². The largest absolute Gasteiger partial charge is 0.468 e. The second-order valence-electron chi connectivity index (χ2n) is 7.88. The predicted octanol–water partition coefficient (Wildman–Crippen LogP) is 4.09. The Hall–Kier alpha value is -3.50. The second-order valence-corrected chi connectivity index (χ2v) is 7.88. The van der Waals surface area contributed by atoms with Crippen LogP contribution in [0.15, 0.2) is 24.7 Å². The van der Waals surface area contributed by atoms with E-state index >= 15 is 0 Å². The lowest BCUT2D eigenvalue weighted by Crippen LogP contribution is -2.17. The van der Waals surface area contributed by atoms with Crippen LogP contribution in [0.3, 0.4) is 0 Å². The van der Waals surface area contributed by atoms with E-state index < -0.39 is 28.4 Å². The van der Waals surface area contributed by atoms with Gasteiger partial charge in [-0.25, -0.2) is 27.4 Å². The molecule has 0 aliphatic carbocycles. The summed E-state index contributed by atoms with van der Waals surface area (Å²) < 4.78 is 51.8. The molecule has 0 spiro atoms. The molecule has 4 rings (SSSR count). The molecule has 0 saturated heterocycles. The van der Waals surface area contributed by atoms with Crippen molar-refractivity contribution in [2.75, 3.05) is 0 Å². The first-order valence-corrected chi connectivity index (χ1v) is 10.2. The van der Waals surface area contributed by atoms with E-state index in [-0.39, 0.29) is 18.3 Å². The van der Waals surface area contributed by atoms with Gasteiger partial charge in [0, 0.05) is 12.1 Å². The minimum atomic E-state index is -1.36. The van der Waals surface area contributed by atoms with Crippen molar-refractivity contribution in [1.29, 1.82) is 0 Å². The lowest BCUT2D eigenvalue weighted by atomic mass is 9.83. The molecular weight excluding hydrogens is 423 g/mol. The molecular formula is C21H22F3N7O. The molecule has 3 aromatic heterocycles. The molecule has 0 saturated carbocycles. The number of ether oxygens (including phenoxy) is 1. The number of aromatic nitrogens is 7. The summed E-state index contributed by atoms with van der Waals surface area (Å²) in [6.45, 7) is 8.63. The molecule has 0 aliphatic rings. The van der Waals surface area contributed by atoms with Gasteiger partial charge in [0.05, 0.1) is 17.3 Å². The van der Waals surface area contributed by atoms with Gasteiger partial charge in [-0.15, -0.1) is 10.2 Å². The van der Waals surface area contributed by atoms with Crippen molar-refractivity contribution in [2.45, 2.75) is 52.7 Å². The van der Waals surface area contributed by atoms with Gasteiger partial charge in [-0.1, -0.05) is 20.8 Å². The van der Waals surface area contributed by atoms with Crippen molar-refractivity contribution in [2.24, 2.45) is 0 Å². The second kappa shape index (κ2) is 8.21. The lowest BCUT2D eigenvalue weighted by molar-refractivity contribution is 0.267. The fourth-order valence-corrected chi connectivity index (χ4v) is 3.47. The fourth-order valence-electron chi connectivity index (χ4n) is 3.47. The van der Waals surface area contributed by atoms with Crippen molar-refractivity contribution in [1.82, 2.24) is 34.6 Å². The highest BCUT2D eigenvalue weighted by Crippen LogP contribution is 2.38. The highest BCUT2D eigenvalue weighted by atomic mass is 19.2. The molecule has 0 unspecified atom stereocenters. The number of rotatable bonds is 7. The van der Waals surface area contributed by atoms with Crippen molar-refractivity contribution in [3.05, 3.63) is 53.5 Å². The third-order valence-electron chi connectivity index (χ3n) is 5.58. The van der Waals surface area contributed by atoms with Crippen LogP contribution in [0.5, 0.6) is 5.88 Å². The Bertz CT molecular complexity index is 1280. The summed E-state index contributed by atoms with van der Waals surface area (Å²) in [6.07, 6.45) is 3.60. The molecule has 0 aliphatic heterocycles. The van der Waals surface area contributed by atoms with E-state index in [1.807, 2.05) is 27.7 Å². The minimum Gasteiger partial charge on any atom is -0.468 e. The Labute approximate surface area is 182 Å². The van der Waals surface area contributed by atoms with Crippen LogP contribution in [0.4, 0.5) is 13.2 Å². The zero-order valence-corrected chi connectivity index (χ0v) is 18.1. The standard InChI is InChI=1S/C21H22F3N7O/c1-5-21(3,4)17-14-9-26-28-19(16-12(22)7-8-13(23)18(16)24)31(14)29-20(17)32-10-15-25-11-27-30(15)6-2/h7-9,11H,5-6,10H2,1-4H3. The topological polar surface area (TPSA) is 83.0 Å². The van der Waals surface area contributed by atoms with Crippen molar-refractivity contribution in [3.8, 4) is 17.3 Å². The summed E-state index contributed by atoms with van der Waals surface area (Å²) in [4.78, 5) is 4.19. The zero-order valence-electron chi connectivity index (χ0n) is 18.1. The summed E-state index contributed by atoms with van der Waals surface area (Å²) in [5, 5.41) is 16.3. The normalized spacial score (nSPS) is 12.0. The first-order valence-electron chi connectivity index (χ1n) is 10.2. The first kappa shape index (κ1) is 21.7. The molecule has 0 radical (unpaired) electrons. The van der Waals surface area contributed by atoms with Gasteiger partial charge in [-0.3, -0.25) is 0 Å².